The number of nitrogens with one attached hydrogen (secondary N) is 1. The lowest BCUT2D eigenvalue weighted by atomic mass is 10.0. The molecule has 1 fully saturated rings. The number of methoxy groups -OCH3 is 2. The summed E-state index contributed by atoms with van der Waals surface area (Å²) in [6.07, 6.45) is 6.72. The molecule has 0 saturated heterocycles. The Morgan fingerprint density at radius 3 is 2.30 bits per heavy atom. The van der Waals surface area contributed by atoms with E-state index in [-0.39, 0.29) is 11.9 Å². The van der Waals surface area contributed by atoms with Crippen molar-refractivity contribution in [1.29, 1.82) is 0 Å². The number of carbonyl (C=O) groups is 1. The Bertz CT molecular complexity index is 530. The number of rotatable bonds is 4. The van der Waals surface area contributed by atoms with Gasteiger partial charge in [-0.1, -0.05) is 12.2 Å². The number of fused-ring (bicyclic) bond motifs is 2. The van der Waals surface area contributed by atoms with Crippen LogP contribution in [0.15, 0.2) is 30.4 Å². The van der Waals surface area contributed by atoms with Crippen molar-refractivity contribution < 1.29 is 14.3 Å². The zero-order chi connectivity index (χ0) is 14.1. The molecule has 4 heteroatoms. The maximum atomic E-state index is 12.4. The van der Waals surface area contributed by atoms with Crippen LogP contribution in [-0.2, 0) is 0 Å². The molecule has 0 spiro atoms. The van der Waals surface area contributed by atoms with Gasteiger partial charge >= 0.3 is 0 Å². The minimum absolute atomic E-state index is 0.0619. The molecule has 2 aliphatic carbocycles. The Labute approximate surface area is 118 Å². The van der Waals surface area contributed by atoms with E-state index in [1.807, 2.05) is 0 Å². The lowest BCUT2D eigenvalue weighted by molar-refractivity contribution is 0.0930. The summed E-state index contributed by atoms with van der Waals surface area (Å²) in [4.78, 5) is 12.4. The van der Waals surface area contributed by atoms with E-state index in [0.29, 0.717) is 28.9 Å². The SMILES string of the molecule is COc1cc(OC)cc(C(=O)N[C@H]2CC3C=CC2C3)c1. The largest absolute Gasteiger partial charge is 0.497 e. The Morgan fingerprint density at radius 2 is 1.80 bits per heavy atom. The molecule has 3 rings (SSSR count). The standard InChI is InChI=1S/C16H19NO3/c1-19-13-7-12(8-14(9-13)20-2)16(18)17-15-6-10-3-4-11(15)5-10/h3-4,7-11,15H,5-6H2,1-2H3,(H,17,18)/t10?,11?,15-/m0/s1. The zero-order valence-corrected chi connectivity index (χ0v) is 11.8. The van der Waals surface area contributed by atoms with Gasteiger partial charge in [0, 0.05) is 17.7 Å². The van der Waals surface area contributed by atoms with Gasteiger partial charge in [0.25, 0.3) is 5.91 Å². The van der Waals surface area contributed by atoms with Gasteiger partial charge in [-0.25, -0.2) is 0 Å². The summed E-state index contributed by atoms with van der Waals surface area (Å²) in [6.45, 7) is 0. The lowest BCUT2D eigenvalue weighted by Crippen LogP contribution is -2.37. The second kappa shape index (κ2) is 5.19. The highest BCUT2D eigenvalue weighted by Crippen LogP contribution is 2.39. The fourth-order valence-corrected chi connectivity index (χ4v) is 3.14. The highest BCUT2D eigenvalue weighted by atomic mass is 16.5. The maximum absolute atomic E-state index is 12.4. The number of ether oxygens (including phenoxy) is 2. The van der Waals surface area contributed by atoms with Gasteiger partial charge in [-0.05, 0) is 36.8 Å². The summed E-state index contributed by atoms with van der Waals surface area (Å²) < 4.78 is 10.4. The molecule has 0 aliphatic heterocycles. The van der Waals surface area contributed by atoms with Crippen LogP contribution in [0, 0.1) is 11.8 Å². The molecule has 106 valence electrons. The van der Waals surface area contributed by atoms with Gasteiger partial charge in [0.15, 0.2) is 0 Å². The van der Waals surface area contributed by atoms with Crippen molar-refractivity contribution in [3.63, 3.8) is 0 Å². The molecule has 3 atom stereocenters. The topological polar surface area (TPSA) is 47.6 Å². The van der Waals surface area contributed by atoms with Crippen molar-refractivity contribution in [1.82, 2.24) is 5.32 Å². The van der Waals surface area contributed by atoms with Crippen molar-refractivity contribution in [2.75, 3.05) is 14.2 Å². The molecule has 0 aromatic heterocycles. The monoisotopic (exact) mass is 273 g/mol. The average molecular weight is 273 g/mol. The number of carbonyl (C=O) groups excluding carboxylic acids is 1. The Morgan fingerprint density at radius 1 is 1.10 bits per heavy atom. The molecule has 1 N–H and O–H groups in total. The molecule has 1 saturated carbocycles. The van der Waals surface area contributed by atoms with E-state index < -0.39 is 0 Å². The van der Waals surface area contributed by atoms with Gasteiger partial charge in [-0.3, -0.25) is 4.79 Å². The average Bonchev–Trinajstić information content (AvgIpc) is 3.09. The van der Waals surface area contributed by atoms with E-state index >= 15 is 0 Å². The molecular formula is C16H19NO3. The number of hydrogen-bond donors (Lipinski definition) is 1. The van der Waals surface area contributed by atoms with E-state index in [0.717, 1.165) is 6.42 Å². The minimum Gasteiger partial charge on any atom is -0.497 e. The van der Waals surface area contributed by atoms with E-state index in [4.69, 9.17) is 9.47 Å². The summed E-state index contributed by atoms with van der Waals surface area (Å²) in [7, 11) is 3.16. The fraction of sp³-hybridized carbons (Fsp3) is 0.438. The van der Waals surface area contributed by atoms with Crippen LogP contribution in [0.2, 0.25) is 0 Å². The van der Waals surface area contributed by atoms with Crippen LogP contribution in [-0.4, -0.2) is 26.2 Å². The van der Waals surface area contributed by atoms with Gasteiger partial charge in [0.2, 0.25) is 0 Å². The fourth-order valence-electron chi connectivity index (χ4n) is 3.14. The highest BCUT2D eigenvalue weighted by molar-refractivity contribution is 5.95. The highest BCUT2D eigenvalue weighted by Gasteiger charge is 2.36. The third kappa shape index (κ3) is 2.38. The first-order valence-corrected chi connectivity index (χ1v) is 6.92. The molecule has 20 heavy (non-hydrogen) atoms. The third-order valence-electron chi connectivity index (χ3n) is 4.21. The van der Waals surface area contributed by atoms with Gasteiger partial charge in [0.1, 0.15) is 11.5 Å². The zero-order valence-electron chi connectivity index (χ0n) is 11.8. The van der Waals surface area contributed by atoms with Crippen LogP contribution in [0.3, 0.4) is 0 Å². The first-order chi connectivity index (χ1) is 9.69. The van der Waals surface area contributed by atoms with E-state index in [2.05, 4.69) is 17.5 Å². The van der Waals surface area contributed by atoms with Gasteiger partial charge in [-0.15, -0.1) is 0 Å². The summed E-state index contributed by atoms with van der Waals surface area (Å²) in [5.41, 5.74) is 0.577. The molecule has 2 aliphatic rings. The molecule has 0 heterocycles. The van der Waals surface area contributed by atoms with Crippen LogP contribution in [0.25, 0.3) is 0 Å². The van der Waals surface area contributed by atoms with Gasteiger partial charge in [0.05, 0.1) is 14.2 Å². The van der Waals surface area contributed by atoms with Crippen LogP contribution in [0.4, 0.5) is 0 Å². The van der Waals surface area contributed by atoms with E-state index in [9.17, 15) is 4.79 Å². The van der Waals surface area contributed by atoms with E-state index in [1.54, 1.807) is 32.4 Å². The van der Waals surface area contributed by atoms with Crippen molar-refractivity contribution >= 4 is 5.91 Å². The Hall–Kier alpha value is -1.97. The minimum atomic E-state index is -0.0619. The van der Waals surface area contributed by atoms with Crippen LogP contribution >= 0.6 is 0 Å². The maximum Gasteiger partial charge on any atom is 0.251 e. The quantitative estimate of drug-likeness (QED) is 0.857. The van der Waals surface area contributed by atoms with Crippen LogP contribution < -0.4 is 14.8 Å². The van der Waals surface area contributed by atoms with Crippen LogP contribution in [0.5, 0.6) is 11.5 Å². The Kier molecular flexibility index (Phi) is 3.38. The summed E-state index contributed by atoms with van der Waals surface area (Å²) in [5.74, 6) is 2.33. The summed E-state index contributed by atoms with van der Waals surface area (Å²) in [6, 6.07) is 5.49. The van der Waals surface area contributed by atoms with Crippen molar-refractivity contribution in [3.05, 3.63) is 35.9 Å². The Balaban J connectivity index is 1.75. The number of hydrogen-bond acceptors (Lipinski definition) is 3. The first kappa shape index (κ1) is 13.0. The molecule has 4 nitrogen and oxygen atoms in total. The molecule has 2 unspecified atom stereocenters. The smallest absolute Gasteiger partial charge is 0.251 e. The van der Waals surface area contributed by atoms with Crippen molar-refractivity contribution in [2.45, 2.75) is 18.9 Å². The van der Waals surface area contributed by atoms with Gasteiger partial charge in [-0.2, -0.15) is 0 Å². The molecule has 1 aromatic rings. The third-order valence-corrected chi connectivity index (χ3v) is 4.21. The first-order valence-electron chi connectivity index (χ1n) is 6.92. The summed E-state index contributed by atoms with van der Waals surface area (Å²) >= 11 is 0. The number of allylic oxidation sites excluding steroid dienone is 1. The van der Waals surface area contributed by atoms with Crippen molar-refractivity contribution in [2.24, 2.45) is 11.8 Å². The normalized spacial score (nSPS) is 26.6. The molecule has 0 radical (unpaired) electrons. The lowest BCUT2D eigenvalue weighted by Gasteiger charge is -2.20. The molecule has 1 amide bonds. The predicted octanol–water partition coefficient (Wildman–Crippen LogP) is 2.40. The molecular weight excluding hydrogens is 254 g/mol. The number of benzene rings is 1. The van der Waals surface area contributed by atoms with Gasteiger partial charge < -0.3 is 14.8 Å². The predicted molar refractivity (Wildman–Crippen MR) is 76.2 cm³/mol. The summed E-state index contributed by atoms with van der Waals surface area (Å²) in [5, 5.41) is 3.13. The van der Waals surface area contributed by atoms with E-state index in [1.165, 1.54) is 6.42 Å². The molecule has 2 bridgehead atoms. The van der Waals surface area contributed by atoms with Crippen LogP contribution in [0.1, 0.15) is 23.2 Å². The molecule has 1 aromatic carbocycles. The second-order valence-corrected chi connectivity index (χ2v) is 5.46. The van der Waals surface area contributed by atoms with Crippen molar-refractivity contribution in [3.8, 4) is 11.5 Å². The second-order valence-electron chi connectivity index (χ2n) is 5.46. The number of amides is 1.